The normalized spacial score (nSPS) is 12.5. The van der Waals surface area contributed by atoms with Crippen LogP contribution in [-0.4, -0.2) is 51.3 Å². The second-order valence-electron chi connectivity index (χ2n) is 8.84. The number of carboxylic acids is 2. The number of hydrogen-bond acceptors (Lipinski definition) is 5. The molecule has 9 nitrogen and oxygen atoms in total. The van der Waals surface area contributed by atoms with Crippen molar-refractivity contribution in [1.82, 2.24) is 4.90 Å². The minimum atomic E-state index is -1.27. The zero-order chi connectivity index (χ0) is 26.1. The topological polar surface area (TPSA) is 141 Å². The van der Waals surface area contributed by atoms with E-state index in [1.54, 1.807) is 24.3 Å². The fourth-order valence-electron chi connectivity index (χ4n) is 4.23. The van der Waals surface area contributed by atoms with Gasteiger partial charge in [0.25, 0.3) is 11.8 Å². The van der Waals surface area contributed by atoms with Gasteiger partial charge in [-0.3, -0.25) is 19.3 Å². The van der Waals surface area contributed by atoms with Crippen molar-refractivity contribution in [3.8, 4) is 0 Å². The first kappa shape index (κ1) is 26.6. The highest BCUT2D eigenvalue weighted by Gasteiger charge is 2.34. The number of fused-ring (bicyclic) bond motifs is 1. The summed E-state index contributed by atoms with van der Waals surface area (Å²) < 4.78 is 0. The number of nitrogens with zero attached hydrogens (tertiary/aromatic N) is 1. The number of imide groups is 1. The van der Waals surface area contributed by atoms with E-state index in [-0.39, 0.29) is 41.0 Å². The molecule has 36 heavy (non-hydrogen) atoms. The maximum Gasteiger partial charge on any atom is 0.335 e. The number of carboxylic acid groups (broad SMARTS) is 2. The predicted octanol–water partition coefficient (Wildman–Crippen LogP) is 4.83. The standard InChI is InChI=1S/C27H30N2O7/c30-23(28-20-16-18(26(33)34)15-19(17-20)27(35)36)13-7-5-3-1-2-4-6-10-14-29-24(31)21-11-8-9-12-22(21)25(29)32/h8-9,11-12,15-17H,1-7,10,13-14H2,(H,28,30)(H,33,34)(H,35,36). The first-order valence-corrected chi connectivity index (χ1v) is 12.1. The summed E-state index contributed by atoms with van der Waals surface area (Å²) in [5.41, 5.74) is 0.714. The third-order valence-corrected chi connectivity index (χ3v) is 6.12. The van der Waals surface area contributed by atoms with Gasteiger partial charge in [-0.1, -0.05) is 50.7 Å². The van der Waals surface area contributed by atoms with E-state index < -0.39 is 11.9 Å². The van der Waals surface area contributed by atoms with Crippen molar-refractivity contribution in [1.29, 1.82) is 0 Å². The molecule has 0 aliphatic carbocycles. The number of nitrogens with one attached hydrogen (secondary N) is 1. The molecule has 0 unspecified atom stereocenters. The van der Waals surface area contributed by atoms with E-state index in [1.165, 1.54) is 17.0 Å². The molecule has 2 aromatic carbocycles. The van der Waals surface area contributed by atoms with E-state index in [0.717, 1.165) is 51.0 Å². The fourth-order valence-corrected chi connectivity index (χ4v) is 4.23. The van der Waals surface area contributed by atoms with Gasteiger partial charge in [-0.15, -0.1) is 0 Å². The van der Waals surface area contributed by atoms with Crippen molar-refractivity contribution >= 4 is 35.3 Å². The Labute approximate surface area is 209 Å². The van der Waals surface area contributed by atoms with E-state index in [2.05, 4.69) is 5.32 Å². The highest BCUT2D eigenvalue weighted by atomic mass is 16.4. The van der Waals surface area contributed by atoms with Gasteiger partial charge in [0.1, 0.15) is 0 Å². The van der Waals surface area contributed by atoms with Crippen molar-refractivity contribution in [2.45, 2.75) is 57.8 Å². The lowest BCUT2D eigenvalue weighted by molar-refractivity contribution is -0.116. The second-order valence-corrected chi connectivity index (χ2v) is 8.84. The number of unbranched alkanes of at least 4 members (excludes halogenated alkanes) is 7. The zero-order valence-corrected chi connectivity index (χ0v) is 20.0. The Kier molecular flexibility index (Phi) is 9.32. The van der Waals surface area contributed by atoms with Crippen molar-refractivity contribution in [3.63, 3.8) is 0 Å². The van der Waals surface area contributed by atoms with Gasteiger partial charge in [-0.2, -0.15) is 0 Å². The Bertz CT molecular complexity index is 1090. The number of amides is 3. The van der Waals surface area contributed by atoms with E-state index in [1.807, 2.05) is 0 Å². The lowest BCUT2D eigenvalue weighted by Gasteiger charge is -2.13. The monoisotopic (exact) mass is 494 g/mol. The molecular weight excluding hydrogens is 464 g/mol. The molecule has 3 N–H and O–H groups in total. The van der Waals surface area contributed by atoms with Gasteiger partial charge >= 0.3 is 11.9 Å². The Morgan fingerprint density at radius 3 is 1.67 bits per heavy atom. The number of rotatable bonds is 14. The first-order valence-electron chi connectivity index (χ1n) is 12.1. The number of benzene rings is 2. The van der Waals surface area contributed by atoms with Crippen molar-refractivity contribution in [2.75, 3.05) is 11.9 Å². The summed E-state index contributed by atoms with van der Waals surface area (Å²) in [5.74, 6) is -3.25. The average Bonchev–Trinajstić information content (AvgIpc) is 3.09. The van der Waals surface area contributed by atoms with Crippen LogP contribution in [0.2, 0.25) is 0 Å². The van der Waals surface area contributed by atoms with E-state index >= 15 is 0 Å². The van der Waals surface area contributed by atoms with Crippen LogP contribution in [0.4, 0.5) is 5.69 Å². The highest BCUT2D eigenvalue weighted by Crippen LogP contribution is 2.23. The van der Waals surface area contributed by atoms with Crippen LogP contribution in [-0.2, 0) is 4.79 Å². The van der Waals surface area contributed by atoms with Gasteiger partial charge in [0.15, 0.2) is 0 Å². The van der Waals surface area contributed by atoms with Gasteiger partial charge in [-0.25, -0.2) is 9.59 Å². The molecule has 0 atom stereocenters. The second kappa shape index (κ2) is 12.6. The summed E-state index contributed by atoms with van der Waals surface area (Å²) in [5, 5.41) is 20.8. The molecule has 1 heterocycles. The summed E-state index contributed by atoms with van der Waals surface area (Å²) in [4.78, 5) is 60.5. The van der Waals surface area contributed by atoms with Crippen LogP contribution in [0.1, 0.15) is 99.2 Å². The molecule has 3 amide bonds. The molecule has 0 saturated heterocycles. The number of hydrogen-bond donors (Lipinski definition) is 3. The van der Waals surface area contributed by atoms with Crippen molar-refractivity contribution < 1.29 is 34.2 Å². The molecule has 190 valence electrons. The van der Waals surface area contributed by atoms with Crippen LogP contribution in [0.25, 0.3) is 0 Å². The summed E-state index contributed by atoms with van der Waals surface area (Å²) in [7, 11) is 0. The van der Waals surface area contributed by atoms with Crippen molar-refractivity contribution in [3.05, 3.63) is 64.7 Å². The molecule has 0 radical (unpaired) electrons. The van der Waals surface area contributed by atoms with E-state index in [4.69, 9.17) is 10.2 Å². The summed E-state index contributed by atoms with van der Waals surface area (Å²) >= 11 is 0. The third kappa shape index (κ3) is 7.00. The maximum atomic E-state index is 12.3. The molecule has 9 heteroatoms. The van der Waals surface area contributed by atoms with E-state index in [0.29, 0.717) is 24.1 Å². The molecule has 0 bridgehead atoms. The summed E-state index contributed by atoms with van der Waals surface area (Å²) in [6, 6.07) is 10.4. The number of aromatic carboxylic acids is 2. The first-order chi connectivity index (χ1) is 17.3. The Morgan fingerprint density at radius 2 is 1.17 bits per heavy atom. The van der Waals surface area contributed by atoms with Crippen LogP contribution in [0.3, 0.4) is 0 Å². The minimum absolute atomic E-state index is 0.151. The molecular formula is C27H30N2O7. The molecule has 0 spiro atoms. The molecule has 1 aliphatic heterocycles. The molecule has 2 aromatic rings. The Morgan fingerprint density at radius 1 is 0.694 bits per heavy atom. The summed E-state index contributed by atoms with van der Waals surface area (Å²) in [6.45, 7) is 0.435. The fraction of sp³-hybridized carbons (Fsp3) is 0.370. The Balaban J connectivity index is 1.25. The number of carbonyl (C=O) groups excluding carboxylic acids is 3. The van der Waals surface area contributed by atoms with Gasteiger partial charge < -0.3 is 15.5 Å². The van der Waals surface area contributed by atoms with Gasteiger partial charge in [-0.05, 0) is 43.2 Å². The van der Waals surface area contributed by atoms with Crippen LogP contribution in [0.5, 0.6) is 0 Å². The van der Waals surface area contributed by atoms with Gasteiger partial charge in [0.05, 0.1) is 22.3 Å². The molecule has 1 aliphatic rings. The maximum absolute atomic E-state index is 12.3. The van der Waals surface area contributed by atoms with Gasteiger partial charge in [0.2, 0.25) is 5.91 Å². The smallest absolute Gasteiger partial charge is 0.335 e. The van der Waals surface area contributed by atoms with Crippen LogP contribution in [0, 0.1) is 0 Å². The largest absolute Gasteiger partial charge is 0.478 e. The number of carbonyl (C=O) groups is 5. The number of anilines is 1. The SMILES string of the molecule is O=C(CCCCCCCCCCN1C(=O)c2ccccc2C1=O)Nc1cc(C(=O)O)cc(C(=O)O)c1. The van der Waals surface area contributed by atoms with Crippen molar-refractivity contribution in [2.24, 2.45) is 0 Å². The quantitative estimate of drug-likeness (QED) is 0.252. The molecule has 3 rings (SSSR count). The molecule has 0 saturated carbocycles. The van der Waals surface area contributed by atoms with Crippen LogP contribution < -0.4 is 5.32 Å². The molecule has 0 aromatic heterocycles. The zero-order valence-electron chi connectivity index (χ0n) is 20.0. The lowest BCUT2D eigenvalue weighted by Crippen LogP contribution is -2.30. The average molecular weight is 495 g/mol. The predicted molar refractivity (Wildman–Crippen MR) is 132 cm³/mol. The van der Waals surface area contributed by atoms with Crippen LogP contribution >= 0.6 is 0 Å². The molecule has 0 fully saturated rings. The van der Waals surface area contributed by atoms with Crippen LogP contribution in [0.15, 0.2) is 42.5 Å². The lowest BCUT2D eigenvalue weighted by atomic mass is 10.1. The van der Waals surface area contributed by atoms with Gasteiger partial charge in [0, 0.05) is 18.7 Å². The Hall–Kier alpha value is -4.01. The highest BCUT2D eigenvalue weighted by molar-refractivity contribution is 6.21. The third-order valence-electron chi connectivity index (χ3n) is 6.12. The minimum Gasteiger partial charge on any atom is -0.478 e. The summed E-state index contributed by atoms with van der Waals surface area (Å²) in [6.07, 6.45) is 7.57. The van der Waals surface area contributed by atoms with E-state index in [9.17, 15) is 24.0 Å².